The summed E-state index contributed by atoms with van der Waals surface area (Å²) in [7, 11) is 0. The predicted octanol–water partition coefficient (Wildman–Crippen LogP) is 7.41. The summed E-state index contributed by atoms with van der Waals surface area (Å²) >= 11 is 1.70. The summed E-state index contributed by atoms with van der Waals surface area (Å²) in [6, 6.07) is 7.55. The number of alkyl halides is 3. The van der Waals surface area contributed by atoms with Crippen molar-refractivity contribution in [3.63, 3.8) is 0 Å². The van der Waals surface area contributed by atoms with Gasteiger partial charge >= 0.3 is 6.18 Å². The monoisotopic (exact) mass is 635 g/mol. The maximum Gasteiger partial charge on any atom is 0.417 e. The van der Waals surface area contributed by atoms with E-state index in [1.165, 1.54) is 24.1 Å². The largest absolute Gasteiger partial charge is 0.483 e. The molecule has 2 unspecified atom stereocenters. The molecule has 2 aliphatic carbocycles. The zero-order valence-corrected chi connectivity index (χ0v) is 25.4. The van der Waals surface area contributed by atoms with Crippen molar-refractivity contribution in [2.75, 3.05) is 37.3 Å². The van der Waals surface area contributed by atoms with E-state index in [9.17, 15) is 17.6 Å². The number of fused-ring (bicyclic) bond motifs is 3. The van der Waals surface area contributed by atoms with E-state index >= 15 is 4.39 Å². The highest BCUT2D eigenvalue weighted by Crippen LogP contribution is 2.56. The molecule has 44 heavy (non-hydrogen) atoms. The average molecular weight is 636 g/mol. The molecule has 1 spiro atoms. The molecule has 236 valence electrons. The fourth-order valence-electron chi connectivity index (χ4n) is 6.45. The second kappa shape index (κ2) is 12.5. The number of halogens is 5. The lowest BCUT2D eigenvalue weighted by atomic mass is 9.74. The number of hydrogen-bond donors (Lipinski definition) is 1. The summed E-state index contributed by atoms with van der Waals surface area (Å²) in [5, 5.41) is 6.89. The van der Waals surface area contributed by atoms with E-state index in [2.05, 4.69) is 9.29 Å². The second-order valence-electron chi connectivity index (χ2n) is 11.4. The Hall–Kier alpha value is -3.38. The van der Waals surface area contributed by atoms with Gasteiger partial charge in [0.25, 0.3) is 6.47 Å². The molecule has 0 bridgehead atoms. The number of rotatable bonds is 6. The Morgan fingerprint density at radius 2 is 1.77 bits per heavy atom. The molecule has 3 fully saturated rings. The van der Waals surface area contributed by atoms with Crippen LogP contribution >= 0.6 is 11.9 Å². The van der Waals surface area contributed by atoms with Crippen LogP contribution in [0, 0.1) is 23.0 Å². The summed E-state index contributed by atoms with van der Waals surface area (Å²) < 4.78 is 79.8. The highest BCUT2D eigenvalue weighted by molar-refractivity contribution is 7.96. The van der Waals surface area contributed by atoms with Gasteiger partial charge in [-0.3, -0.25) is 4.79 Å². The van der Waals surface area contributed by atoms with Crippen molar-refractivity contribution in [2.24, 2.45) is 11.3 Å². The van der Waals surface area contributed by atoms with Crippen LogP contribution in [0.15, 0.2) is 42.6 Å². The molecule has 3 heterocycles. The van der Waals surface area contributed by atoms with Crippen molar-refractivity contribution in [3.05, 3.63) is 76.5 Å². The molecule has 0 amide bonds. The number of anilines is 1. The maximum absolute atomic E-state index is 15.3. The Bertz CT molecular complexity index is 1520. The summed E-state index contributed by atoms with van der Waals surface area (Å²) in [6.07, 6.45) is 1.09. The van der Waals surface area contributed by atoms with Gasteiger partial charge in [-0.1, -0.05) is 25.8 Å². The lowest BCUT2D eigenvalue weighted by molar-refractivity contribution is -0.137. The second-order valence-corrected chi connectivity index (χ2v) is 12.3. The molecular weight excluding hydrogens is 601 g/mol. The molecule has 2 atom stereocenters. The number of carbonyl (C=O) groups is 1. The van der Waals surface area contributed by atoms with Crippen LogP contribution in [0.3, 0.4) is 0 Å². The first kappa shape index (κ1) is 32.0. The third kappa shape index (κ3) is 6.24. The van der Waals surface area contributed by atoms with E-state index in [1.54, 1.807) is 24.2 Å². The molecule has 2 aromatic carbocycles. The van der Waals surface area contributed by atoms with Crippen molar-refractivity contribution in [1.82, 2.24) is 9.29 Å². The SMILES string of the molecule is CC.CSN1CC2(C1)CN(c1ccc(-c3cc(COc4cc5c(cn4)C4CC4C5)c(F)cc3C(F)(F)F)c(F)c1)C2.O=CO. The number of benzene rings is 2. The Labute approximate surface area is 257 Å². The number of carboxylic acid groups (broad SMARTS) is 1. The van der Waals surface area contributed by atoms with Crippen LogP contribution in [-0.4, -0.2) is 53.3 Å². The van der Waals surface area contributed by atoms with Crippen LogP contribution in [0.2, 0.25) is 0 Å². The minimum atomic E-state index is -4.86. The molecule has 7 rings (SSSR count). The van der Waals surface area contributed by atoms with Gasteiger partial charge in [0.15, 0.2) is 0 Å². The van der Waals surface area contributed by atoms with Gasteiger partial charge in [0.2, 0.25) is 5.88 Å². The van der Waals surface area contributed by atoms with Crippen molar-refractivity contribution in [2.45, 2.75) is 45.4 Å². The van der Waals surface area contributed by atoms with E-state index in [0.717, 1.165) is 44.2 Å². The van der Waals surface area contributed by atoms with E-state index in [-0.39, 0.29) is 29.6 Å². The van der Waals surface area contributed by atoms with Crippen molar-refractivity contribution >= 4 is 24.1 Å². The van der Waals surface area contributed by atoms with Crippen LogP contribution in [0.5, 0.6) is 5.88 Å². The van der Waals surface area contributed by atoms with Gasteiger partial charge in [-0.2, -0.15) is 13.2 Å². The lowest BCUT2D eigenvalue weighted by Gasteiger charge is -2.60. The lowest BCUT2D eigenvalue weighted by Crippen LogP contribution is -2.70. The Morgan fingerprint density at radius 1 is 1.07 bits per heavy atom. The maximum atomic E-state index is 15.3. The molecule has 1 aromatic heterocycles. The minimum Gasteiger partial charge on any atom is -0.483 e. The van der Waals surface area contributed by atoms with Crippen molar-refractivity contribution < 1.29 is 36.6 Å². The number of hydrogen-bond acceptors (Lipinski definition) is 6. The molecule has 2 aliphatic heterocycles. The normalized spacial score (nSPS) is 20.6. The molecule has 0 radical (unpaired) electrons. The predicted molar refractivity (Wildman–Crippen MR) is 160 cm³/mol. The Balaban J connectivity index is 0.000000726. The van der Waals surface area contributed by atoms with Gasteiger partial charge in [-0.05, 0) is 78.0 Å². The first-order valence-electron chi connectivity index (χ1n) is 14.5. The van der Waals surface area contributed by atoms with Gasteiger partial charge in [0.05, 0.1) is 5.56 Å². The minimum absolute atomic E-state index is 0.0976. The Morgan fingerprint density at radius 3 is 2.41 bits per heavy atom. The molecule has 4 aliphatic rings. The van der Waals surface area contributed by atoms with E-state index in [0.29, 0.717) is 29.5 Å². The first-order chi connectivity index (χ1) is 21.0. The number of ether oxygens (including phenoxy) is 1. The molecule has 1 saturated carbocycles. The number of nitrogens with zero attached hydrogens (tertiary/aromatic N) is 3. The van der Waals surface area contributed by atoms with Crippen LogP contribution < -0.4 is 9.64 Å². The third-order valence-corrected chi connectivity index (χ3v) is 9.39. The van der Waals surface area contributed by atoms with Gasteiger partial charge in [-0.15, -0.1) is 0 Å². The van der Waals surface area contributed by atoms with Gasteiger partial charge < -0.3 is 14.7 Å². The van der Waals surface area contributed by atoms with E-state index < -0.39 is 28.9 Å². The van der Waals surface area contributed by atoms with Gasteiger partial charge in [0.1, 0.15) is 18.2 Å². The molecule has 1 N–H and O–H groups in total. The van der Waals surface area contributed by atoms with E-state index in [1.807, 2.05) is 31.1 Å². The molecular formula is C32H34F5N3O3S. The summed E-state index contributed by atoms with van der Waals surface area (Å²) in [5.74, 6) is -0.305. The standard InChI is InChI=1S/C29H26F5N3OS.C2H6.CH2O2/c1-39-37-14-28(15-37)12-36(13-28)19-2-3-20(26(31)8-19)22-6-18(25(30)9-24(22)29(32,33)34)11-38-27-7-17-4-16-5-21(16)23(17)10-35-27;1-2;2-1-3/h2-3,6-10,16,21H,4-5,11-15H2,1H3;1-2H3;1H,(H,2,3). The highest BCUT2D eigenvalue weighted by atomic mass is 32.2. The molecule has 3 aromatic rings. The highest BCUT2D eigenvalue weighted by Gasteiger charge is 2.51. The van der Waals surface area contributed by atoms with Crippen molar-refractivity contribution in [1.29, 1.82) is 0 Å². The quantitative estimate of drug-likeness (QED) is 0.172. The summed E-state index contributed by atoms with van der Waals surface area (Å²) in [4.78, 5) is 14.7. The molecule has 6 nitrogen and oxygen atoms in total. The van der Waals surface area contributed by atoms with Gasteiger partial charge in [0, 0.05) is 60.7 Å². The van der Waals surface area contributed by atoms with Crippen LogP contribution in [-0.2, 0) is 24.0 Å². The summed E-state index contributed by atoms with van der Waals surface area (Å²) in [6.45, 7) is 6.95. The Kier molecular flexibility index (Phi) is 9.13. The zero-order chi connectivity index (χ0) is 31.8. The topological polar surface area (TPSA) is 65.9 Å². The first-order valence-corrected chi connectivity index (χ1v) is 15.7. The van der Waals surface area contributed by atoms with Crippen LogP contribution in [0.1, 0.15) is 48.4 Å². The number of pyridine rings is 1. The smallest absolute Gasteiger partial charge is 0.417 e. The van der Waals surface area contributed by atoms with Crippen molar-refractivity contribution in [3.8, 4) is 17.0 Å². The molecule has 2 saturated heterocycles. The average Bonchev–Trinajstić information content (AvgIpc) is 3.62. The van der Waals surface area contributed by atoms with Crippen LogP contribution in [0.25, 0.3) is 11.1 Å². The summed E-state index contributed by atoms with van der Waals surface area (Å²) in [5.41, 5.74) is 1.25. The van der Waals surface area contributed by atoms with Crippen LogP contribution in [0.4, 0.5) is 27.6 Å². The zero-order valence-electron chi connectivity index (χ0n) is 24.6. The van der Waals surface area contributed by atoms with E-state index in [4.69, 9.17) is 14.6 Å². The molecule has 12 heteroatoms. The van der Waals surface area contributed by atoms with Gasteiger partial charge in [-0.25, -0.2) is 18.1 Å². The fourth-order valence-corrected chi connectivity index (χ4v) is 7.25. The third-order valence-electron chi connectivity index (χ3n) is 8.61. The fraction of sp³-hybridized carbons (Fsp3) is 0.438. The number of aromatic nitrogens is 1.